The second-order valence-corrected chi connectivity index (χ2v) is 5.35. The van der Waals surface area contributed by atoms with Crippen LogP contribution in [0.3, 0.4) is 0 Å². The number of carbonyl (C=O) groups is 1. The van der Waals surface area contributed by atoms with Gasteiger partial charge < -0.3 is 15.0 Å². The van der Waals surface area contributed by atoms with E-state index in [1.54, 1.807) is 18.0 Å². The van der Waals surface area contributed by atoms with Gasteiger partial charge in [-0.2, -0.15) is 0 Å². The highest BCUT2D eigenvalue weighted by molar-refractivity contribution is 5.92. The quantitative estimate of drug-likeness (QED) is 0.864. The molecule has 1 heterocycles. The van der Waals surface area contributed by atoms with Crippen LogP contribution in [0.1, 0.15) is 18.4 Å². The highest BCUT2D eigenvalue weighted by atomic mass is 19.4. The summed E-state index contributed by atoms with van der Waals surface area (Å²) in [5, 5.41) is 3.22. The maximum atomic E-state index is 12.4. The van der Waals surface area contributed by atoms with Crippen LogP contribution in [0.2, 0.25) is 0 Å². The first-order valence-corrected chi connectivity index (χ1v) is 7.37. The molecule has 23 heavy (non-hydrogen) atoms. The minimum Gasteiger partial charge on any atom is -0.405 e. The minimum atomic E-state index is -4.76. The molecule has 0 aliphatic carbocycles. The SMILES string of the molecule is CN(C(=O)/C=C/c1ccccc1OC(F)(F)F)C1CCNCC1. The maximum Gasteiger partial charge on any atom is 0.573 e. The van der Waals surface area contributed by atoms with Gasteiger partial charge in [-0.1, -0.05) is 18.2 Å². The second-order valence-electron chi connectivity index (χ2n) is 5.35. The summed E-state index contributed by atoms with van der Waals surface area (Å²) in [6, 6.07) is 5.87. The smallest absolute Gasteiger partial charge is 0.405 e. The van der Waals surface area contributed by atoms with Crippen LogP contribution in [0.15, 0.2) is 30.3 Å². The average Bonchev–Trinajstić information content (AvgIpc) is 2.52. The normalized spacial score (nSPS) is 16.5. The minimum absolute atomic E-state index is 0.148. The van der Waals surface area contributed by atoms with Crippen molar-refractivity contribution < 1.29 is 22.7 Å². The Morgan fingerprint density at radius 3 is 2.61 bits per heavy atom. The first-order chi connectivity index (χ1) is 10.9. The topological polar surface area (TPSA) is 41.6 Å². The van der Waals surface area contributed by atoms with Gasteiger partial charge in [0.05, 0.1) is 0 Å². The zero-order valence-corrected chi connectivity index (χ0v) is 12.8. The molecule has 1 saturated heterocycles. The first-order valence-electron chi connectivity index (χ1n) is 7.37. The van der Waals surface area contributed by atoms with E-state index in [-0.39, 0.29) is 23.3 Å². The van der Waals surface area contributed by atoms with Crippen LogP contribution in [-0.2, 0) is 4.79 Å². The Morgan fingerprint density at radius 1 is 1.30 bits per heavy atom. The summed E-state index contributed by atoms with van der Waals surface area (Å²) < 4.78 is 41.0. The third-order valence-electron chi connectivity index (χ3n) is 3.75. The molecule has 1 fully saturated rings. The largest absolute Gasteiger partial charge is 0.573 e. The molecular formula is C16H19F3N2O2. The van der Waals surface area contributed by atoms with E-state index in [4.69, 9.17) is 0 Å². The molecule has 2 rings (SSSR count). The van der Waals surface area contributed by atoms with E-state index in [1.165, 1.54) is 30.4 Å². The number of amides is 1. The Kier molecular flexibility index (Phi) is 5.65. The summed E-state index contributed by atoms with van der Waals surface area (Å²) >= 11 is 0. The fourth-order valence-electron chi connectivity index (χ4n) is 2.49. The van der Waals surface area contributed by atoms with E-state index >= 15 is 0 Å². The van der Waals surface area contributed by atoms with Crippen molar-refractivity contribution in [1.29, 1.82) is 0 Å². The monoisotopic (exact) mass is 328 g/mol. The molecule has 0 atom stereocenters. The summed E-state index contributed by atoms with van der Waals surface area (Å²) in [4.78, 5) is 13.8. The van der Waals surface area contributed by atoms with E-state index in [9.17, 15) is 18.0 Å². The maximum absolute atomic E-state index is 12.4. The molecule has 126 valence electrons. The number of ether oxygens (including phenoxy) is 1. The molecule has 0 spiro atoms. The van der Waals surface area contributed by atoms with E-state index in [1.807, 2.05) is 0 Å². The van der Waals surface area contributed by atoms with Crippen LogP contribution in [0.5, 0.6) is 5.75 Å². The molecule has 1 aromatic rings. The Hall–Kier alpha value is -2.02. The zero-order valence-electron chi connectivity index (χ0n) is 12.8. The van der Waals surface area contributed by atoms with Crippen LogP contribution in [-0.4, -0.2) is 43.3 Å². The molecule has 0 aromatic heterocycles. The predicted molar refractivity (Wildman–Crippen MR) is 80.8 cm³/mol. The van der Waals surface area contributed by atoms with Crippen molar-refractivity contribution in [2.45, 2.75) is 25.2 Å². The van der Waals surface area contributed by atoms with Crippen molar-refractivity contribution in [2.75, 3.05) is 20.1 Å². The Balaban J connectivity index is 2.05. The lowest BCUT2D eigenvalue weighted by molar-refractivity contribution is -0.274. The lowest BCUT2D eigenvalue weighted by Gasteiger charge is -2.30. The third-order valence-corrected chi connectivity index (χ3v) is 3.75. The van der Waals surface area contributed by atoms with Gasteiger partial charge in [0.1, 0.15) is 5.75 Å². The van der Waals surface area contributed by atoms with Crippen LogP contribution in [0, 0.1) is 0 Å². The average molecular weight is 328 g/mol. The first kappa shape index (κ1) is 17.3. The van der Waals surface area contributed by atoms with Crippen LogP contribution < -0.4 is 10.1 Å². The second kappa shape index (κ2) is 7.50. The fourth-order valence-corrected chi connectivity index (χ4v) is 2.49. The highest BCUT2D eigenvalue weighted by Crippen LogP contribution is 2.27. The number of carbonyl (C=O) groups excluding carboxylic acids is 1. The Bertz CT molecular complexity index is 567. The number of likely N-dealkylation sites (N-methyl/N-ethyl adjacent to an activating group) is 1. The van der Waals surface area contributed by atoms with E-state index in [2.05, 4.69) is 10.1 Å². The van der Waals surface area contributed by atoms with Gasteiger partial charge in [-0.05, 0) is 38.1 Å². The summed E-state index contributed by atoms with van der Waals surface area (Å²) in [7, 11) is 1.71. The van der Waals surface area contributed by atoms with Gasteiger partial charge in [-0.3, -0.25) is 4.79 Å². The van der Waals surface area contributed by atoms with Gasteiger partial charge in [0.2, 0.25) is 5.91 Å². The lowest BCUT2D eigenvalue weighted by atomic mass is 10.1. The van der Waals surface area contributed by atoms with Crippen molar-refractivity contribution in [3.63, 3.8) is 0 Å². The molecule has 4 nitrogen and oxygen atoms in total. The van der Waals surface area contributed by atoms with Gasteiger partial charge in [0, 0.05) is 24.7 Å². The van der Waals surface area contributed by atoms with Crippen molar-refractivity contribution in [2.24, 2.45) is 0 Å². The highest BCUT2D eigenvalue weighted by Gasteiger charge is 2.31. The van der Waals surface area contributed by atoms with Gasteiger partial charge in [-0.25, -0.2) is 0 Å². The van der Waals surface area contributed by atoms with E-state index in [0.29, 0.717) is 0 Å². The van der Waals surface area contributed by atoms with Crippen molar-refractivity contribution in [1.82, 2.24) is 10.2 Å². The van der Waals surface area contributed by atoms with Crippen molar-refractivity contribution in [3.05, 3.63) is 35.9 Å². The summed E-state index contributed by atoms with van der Waals surface area (Å²) in [5.74, 6) is -0.563. The van der Waals surface area contributed by atoms with Gasteiger partial charge in [-0.15, -0.1) is 13.2 Å². The molecule has 7 heteroatoms. The molecule has 1 N–H and O–H groups in total. The number of hydrogen-bond acceptors (Lipinski definition) is 3. The van der Waals surface area contributed by atoms with Crippen LogP contribution in [0.4, 0.5) is 13.2 Å². The Labute approximate surface area is 132 Å². The van der Waals surface area contributed by atoms with Gasteiger partial charge in [0.15, 0.2) is 0 Å². The third kappa shape index (κ3) is 5.28. The molecule has 0 bridgehead atoms. The van der Waals surface area contributed by atoms with Crippen LogP contribution in [0.25, 0.3) is 6.08 Å². The molecule has 0 unspecified atom stereocenters. The molecule has 0 saturated carbocycles. The van der Waals surface area contributed by atoms with Crippen molar-refractivity contribution >= 4 is 12.0 Å². The standard InChI is InChI=1S/C16H19F3N2O2/c1-21(13-8-10-20-11-9-13)15(22)7-6-12-4-2-3-5-14(12)23-16(17,18)19/h2-7,13,20H,8-11H2,1H3/b7-6+. The number of nitrogens with one attached hydrogen (secondary N) is 1. The summed E-state index contributed by atoms with van der Waals surface area (Å²) in [6.07, 6.45) is -0.408. The zero-order chi connectivity index (χ0) is 16.9. The number of alkyl halides is 3. The molecule has 1 aliphatic heterocycles. The molecule has 1 aliphatic rings. The molecule has 1 aromatic carbocycles. The Morgan fingerprint density at radius 2 is 1.96 bits per heavy atom. The van der Waals surface area contributed by atoms with E-state index in [0.717, 1.165) is 25.9 Å². The summed E-state index contributed by atoms with van der Waals surface area (Å²) in [6.45, 7) is 1.71. The molecular weight excluding hydrogens is 309 g/mol. The molecule has 1 amide bonds. The number of nitrogens with zero attached hydrogens (tertiary/aromatic N) is 1. The summed E-state index contributed by atoms with van der Waals surface area (Å²) in [5.41, 5.74) is 0.205. The number of piperidine rings is 1. The van der Waals surface area contributed by atoms with Crippen molar-refractivity contribution in [3.8, 4) is 5.75 Å². The van der Waals surface area contributed by atoms with Gasteiger partial charge in [0.25, 0.3) is 0 Å². The molecule has 0 radical (unpaired) electrons. The number of benzene rings is 1. The number of halogens is 3. The number of para-hydroxylation sites is 1. The number of hydrogen-bond donors (Lipinski definition) is 1. The van der Waals surface area contributed by atoms with Gasteiger partial charge >= 0.3 is 6.36 Å². The fraction of sp³-hybridized carbons (Fsp3) is 0.438. The lowest BCUT2D eigenvalue weighted by Crippen LogP contribution is -2.43. The van der Waals surface area contributed by atoms with E-state index < -0.39 is 6.36 Å². The predicted octanol–water partition coefficient (Wildman–Crippen LogP) is 2.81. The van der Waals surface area contributed by atoms with Crippen LogP contribution >= 0.6 is 0 Å². The number of rotatable bonds is 4.